The maximum absolute atomic E-state index is 5.97. The third kappa shape index (κ3) is 4.67. The maximum Gasteiger partial charge on any atom is 0.138 e. The predicted molar refractivity (Wildman–Crippen MR) is 86.0 cm³/mol. The van der Waals surface area contributed by atoms with Crippen molar-refractivity contribution in [1.82, 2.24) is 14.8 Å². The van der Waals surface area contributed by atoms with Crippen molar-refractivity contribution in [2.45, 2.75) is 40.2 Å². The molecule has 4 heteroatoms. The van der Waals surface area contributed by atoms with Gasteiger partial charge in [0.1, 0.15) is 12.2 Å². The molecule has 1 aromatic carbocycles. The van der Waals surface area contributed by atoms with Crippen LogP contribution in [0, 0.1) is 18.8 Å². The van der Waals surface area contributed by atoms with Crippen molar-refractivity contribution < 1.29 is 0 Å². The Labute approximate surface area is 127 Å². The van der Waals surface area contributed by atoms with Gasteiger partial charge in [-0.05, 0) is 37.3 Å². The first-order chi connectivity index (χ1) is 10.1. The minimum Gasteiger partial charge on any atom is -0.330 e. The Hall–Kier alpha value is -1.68. The summed E-state index contributed by atoms with van der Waals surface area (Å²) in [6, 6.07) is 8.65. The molecule has 21 heavy (non-hydrogen) atoms. The van der Waals surface area contributed by atoms with Crippen molar-refractivity contribution in [3.8, 4) is 0 Å². The summed E-state index contributed by atoms with van der Waals surface area (Å²) in [5.74, 6) is 2.02. The molecular formula is C17H26N4. The van der Waals surface area contributed by atoms with Gasteiger partial charge >= 0.3 is 0 Å². The Balaban J connectivity index is 2.04. The van der Waals surface area contributed by atoms with Gasteiger partial charge in [0.25, 0.3) is 0 Å². The molecule has 0 aliphatic carbocycles. The van der Waals surface area contributed by atoms with Crippen LogP contribution in [0.3, 0.4) is 0 Å². The summed E-state index contributed by atoms with van der Waals surface area (Å²) in [5.41, 5.74) is 8.61. The van der Waals surface area contributed by atoms with Crippen molar-refractivity contribution >= 4 is 0 Å². The van der Waals surface area contributed by atoms with Gasteiger partial charge in [-0.3, -0.25) is 0 Å². The number of rotatable bonds is 7. The Kier molecular flexibility index (Phi) is 5.51. The fraction of sp³-hybridized carbons (Fsp3) is 0.529. The van der Waals surface area contributed by atoms with E-state index in [-0.39, 0.29) is 0 Å². The van der Waals surface area contributed by atoms with Crippen LogP contribution in [0.4, 0.5) is 0 Å². The minimum absolute atomic E-state index is 0.405. The lowest BCUT2D eigenvalue weighted by Crippen LogP contribution is -2.22. The van der Waals surface area contributed by atoms with Gasteiger partial charge in [-0.2, -0.15) is 5.10 Å². The van der Waals surface area contributed by atoms with E-state index in [0.717, 1.165) is 25.2 Å². The molecule has 114 valence electrons. The largest absolute Gasteiger partial charge is 0.330 e. The average molecular weight is 286 g/mol. The SMILES string of the molecule is Cc1cccc(CC(CN)Cc2ncnn2CC(C)C)c1. The van der Waals surface area contributed by atoms with Gasteiger partial charge < -0.3 is 5.73 Å². The van der Waals surface area contributed by atoms with E-state index in [1.165, 1.54) is 11.1 Å². The number of benzene rings is 1. The molecule has 4 nitrogen and oxygen atoms in total. The molecule has 1 heterocycles. The first-order valence-electron chi connectivity index (χ1n) is 7.70. The monoisotopic (exact) mass is 286 g/mol. The Bertz CT molecular complexity index is 559. The summed E-state index contributed by atoms with van der Waals surface area (Å²) >= 11 is 0. The summed E-state index contributed by atoms with van der Waals surface area (Å²) < 4.78 is 2.02. The zero-order chi connectivity index (χ0) is 15.2. The lowest BCUT2D eigenvalue weighted by Gasteiger charge is -2.16. The second-order valence-corrected chi connectivity index (χ2v) is 6.25. The molecule has 0 aliphatic heterocycles. The van der Waals surface area contributed by atoms with Gasteiger partial charge in [0.05, 0.1) is 0 Å². The predicted octanol–water partition coefficient (Wildman–Crippen LogP) is 2.60. The highest BCUT2D eigenvalue weighted by molar-refractivity contribution is 5.22. The molecular weight excluding hydrogens is 260 g/mol. The van der Waals surface area contributed by atoms with Crippen LogP contribution in [0.1, 0.15) is 30.8 Å². The number of aryl methyl sites for hydroxylation is 1. The Morgan fingerprint density at radius 2 is 2.05 bits per heavy atom. The van der Waals surface area contributed by atoms with Gasteiger partial charge in [-0.15, -0.1) is 0 Å². The van der Waals surface area contributed by atoms with Crippen LogP contribution in [-0.2, 0) is 19.4 Å². The minimum atomic E-state index is 0.405. The first kappa shape index (κ1) is 15.7. The molecule has 1 aromatic heterocycles. The van der Waals surface area contributed by atoms with Crippen molar-refractivity contribution in [1.29, 1.82) is 0 Å². The third-order valence-electron chi connectivity index (χ3n) is 3.65. The summed E-state index contributed by atoms with van der Waals surface area (Å²) in [7, 11) is 0. The van der Waals surface area contributed by atoms with E-state index in [0.29, 0.717) is 18.4 Å². The quantitative estimate of drug-likeness (QED) is 0.851. The molecule has 2 aromatic rings. The molecule has 0 spiro atoms. The van der Waals surface area contributed by atoms with E-state index < -0.39 is 0 Å². The molecule has 0 fully saturated rings. The molecule has 1 atom stereocenters. The standard InChI is InChI=1S/C17H26N4/c1-13(2)11-21-17(19-12-20-21)9-16(10-18)8-15-6-4-5-14(3)7-15/h4-7,12-13,16H,8-11,18H2,1-3H3. The average Bonchev–Trinajstić information content (AvgIpc) is 2.84. The van der Waals surface area contributed by atoms with Crippen LogP contribution < -0.4 is 5.73 Å². The van der Waals surface area contributed by atoms with Crippen molar-refractivity contribution in [3.05, 3.63) is 47.5 Å². The fourth-order valence-corrected chi connectivity index (χ4v) is 2.61. The van der Waals surface area contributed by atoms with Crippen LogP contribution in [0.2, 0.25) is 0 Å². The number of aromatic nitrogens is 3. The van der Waals surface area contributed by atoms with Gasteiger partial charge in [-0.1, -0.05) is 43.7 Å². The molecule has 1 unspecified atom stereocenters. The Morgan fingerprint density at radius 3 is 2.71 bits per heavy atom. The van der Waals surface area contributed by atoms with E-state index in [9.17, 15) is 0 Å². The molecule has 0 saturated carbocycles. The molecule has 0 aliphatic rings. The molecule has 2 rings (SSSR count). The Morgan fingerprint density at radius 1 is 1.24 bits per heavy atom. The number of hydrogen-bond donors (Lipinski definition) is 1. The first-order valence-corrected chi connectivity index (χ1v) is 7.70. The highest BCUT2D eigenvalue weighted by atomic mass is 15.3. The lowest BCUT2D eigenvalue weighted by molar-refractivity contribution is 0.439. The van der Waals surface area contributed by atoms with E-state index in [1.54, 1.807) is 6.33 Å². The molecule has 0 saturated heterocycles. The smallest absolute Gasteiger partial charge is 0.138 e. The van der Waals surface area contributed by atoms with Crippen molar-refractivity contribution in [2.24, 2.45) is 17.6 Å². The van der Waals surface area contributed by atoms with Crippen LogP contribution in [-0.4, -0.2) is 21.3 Å². The molecule has 0 amide bonds. The second kappa shape index (κ2) is 7.36. The second-order valence-electron chi connectivity index (χ2n) is 6.25. The molecule has 0 radical (unpaired) electrons. The maximum atomic E-state index is 5.97. The van der Waals surface area contributed by atoms with Crippen molar-refractivity contribution in [3.63, 3.8) is 0 Å². The van der Waals surface area contributed by atoms with Crippen LogP contribution in [0.15, 0.2) is 30.6 Å². The summed E-state index contributed by atoms with van der Waals surface area (Å²) in [5, 5.41) is 4.33. The third-order valence-corrected chi connectivity index (χ3v) is 3.65. The zero-order valence-electron chi connectivity index (χ0n) is 13.3. The summed E-state index contributed by atoms with van der Waals surface area (Å²) in [4.78, 5) is 4.41. The van der Waals surface area contributed by atoms with Crippen LogP contribution in [0.5, 0.6) is 0 Å². The fourth-order valence-electron chi connectivity index (χ4n) is 2.61. The lowest BCUT2D eigenvalue weighted by atomic mass is 9.95. The normalized spacial score (nSPS) is 12.8. The van der Waals surface area contributed by atoms with Gasteiger partial charge in [-0.25, -0.2) is 9.67 Å². The zero-order valence-corrected chi connectivity index (χ0v) is 13.3. The number of nitrogens with zero attached hydrogens (tertiary/aromatic N) is 3. The van der Waals surface area contributed by atoms with Crippen molar-refractivity contribution in [2.75, 3.05) is 6.54 Å². The summed E-state index contributed by atoms with van der Waals surface area (Å²) in [6.45, 7) is 8.09. The van der Waals surface area contributed by atoms with E-state index >= 15 is 0 Å². The van der Waals surface area contributed by atoms with Gasteiger partial charge in [0.15, 0.2) is 0 Å². The van der Waals surface area contributed by atoms with E-state index in [4.69, 9.17) is 5.73 Å². The topological polar surface area (TPSA) is 56.7 Å². The van der Waals surface area contributed by atoms with E-state index in [1.807, 2.05) is 4.68 Å². The molecule has 0 bridgehead atoms. The molecule has 2 N–H and O–H groups in total. The van der Waals surface area contributed by atoms with Gasteiger partial charge in [0.2, 0.25) is 0 Å². The number of nitrogens with two attached hydrogens (primary N) is 1. The van der Waals surface area contributed by atoms with Crippen LogP contribution in [0.25, 0.3) is 0 Å². The highest BCUT2D eigenvalue weighted by Crippen LogP contribution is 2.14. The van der Waals surface area contributed by atoms with Crippen LogP contribution >= 0.6 is 0 Å². The number of hydrogen-bond acceptors (Lipinski definition) is 3. The highest BCUT2D eigenvalue weighted by Gasteiger charge is 2.14. The summed E-state index contributed by atoms with van der Waals surface area (Å²) in [6.07, 6.45) is 3.53. The van der Waals surface area contributed by atoms with Gasteiger partial charge in [0, 0.05) is 13.0 Å². The van der Waals surface area contributed by atoms with E-state index in [2.05, 4.69) is 55.1 Å².